The van der Waals surface area contributed by atoms with E-state index in [2.05, 4.69) is 15.5 Å². The molecule has 0 atom stereocenters. The first-order valence-corrected chi connectivity index (χ1v) is 9.86. The monoisotopic (exact) mass is 435 g/mol. The second kappa shape index (κ2) is 8.57. The van der Waals surface area contributed by atoms with Crippen LogP contribution in [0, 0.1) is 13.8 Å². The molecular weight excluding hydrogens is 418 g/mol. The average molecular weight is 436 g/mol. The quantitative estimate of drug-likeness (QED) is 0.445. The van der Waals surface area contributed by atoms with Crippen molar-refractivity contribution < 1.29 is 18.8 Å². The summed E-state index contributed by atoms with van der Waals surface area (Å²) >= 11 is 6.04. The Kier molecular flexibility index (Phi) is 5.68. The molecule has 4 aromatic rings. The second-order valence-corrected chi connectivity index (χ2v) is 7.38. The number of amides is 1. The predicted molar refractivity (Wildman–Crippen MR) is 117 cm³/mol. The van der Waals surface area contributed by atoms with Crippen LogP contribution in [-0.2, 0) is 9.53 Å². The van der Waals surface area contributed by atoms with Crippen LogP contribution in [-0.4, -0.2) is 28.6 Å². The molecule has 2 aromatic carbocycles. The van der Waals surface area contributed by atoms with Crippen molar-refractivity contribution in [3.05, 3.63) is 76.4 Å². The van der Waals surface area contributed by atoms with Crippen molar-refractivity contribution in [3.8, 4) is 11.3 Å². The molecule has 1 amide bonds. The summed E-state index contributed by atoms with van der Waals surface area (Å²) in [5.41, 5.74) is 3.85. The molecule has 0 saturated carbocycles. The van der Waals surface area contributed by atoms with Crippen molar-refractivity contribution in [2.45, 2.75) is 13.8 Å². The molecule has 0 bridgehead atoms. The molecule has 31 heavy (non-hydrogen) atoms. The third-order valence-electron chi connectivity index (χ3n) is 4.67. The number of hydrogen-bond donors (Lipinski definition) is 1. The zero-order chi connectivity index (χ0) is 22.0. The Balaban J connectivity index is 1.58. The lowest BCUT2D eigenvalue weighted by Crippen LogP contribution is -2.21. The molecule has 0 fully saturated rings. The molecule has 0 aliphatic rings. The molecule has 2 aromatic heterocycles. The van der Waals surface area contributed by atoms with Crippen molar-refractivity contribution in [3.63, 3.8) is 0 Å². The molecular formula is C23H18ClN3O4. The van der Waals surface area contributed by atoms with Crippen LogP contribution in [0.1, 0.15) is 21.6 Å². The maximum atomic E-state index is 12.8. The topological polar surface area (TPSA) is 94.3 Å². The number of anilines is 1. The average Bonchev–Trinajstić information content (AvgIpc) is 3.14. The van der Waals surface area contributed by atoms with E-state index in [4.69, 9.17) is 20.9 Å². The number of carbonyl (C=O) groups excluding carboxylic acids is 2. The number of para-hydroxylation sites is 1. The minimum absolute atomic E-state index is 0.225. The van der Waals surface area contributed by atoms with Crippen molar-refractivity contribution in [1.82, 2.24) is 10.1 Å². The molecule has 156 valence electrons. The maximum Gasteiger partial charge on any atom is 0.339 e. The lowest BCUT2D eigenvalue weighted by molar-refractivity contribution is -0.119. The van der Waals surface area contributed by atoms with Gasteiger partial charge in [-0.2, -0.15) is 0 Å². The number of nitrogens with one attached hydrogen (secondary N) is 1. The second-order valence-electron chi connectivity index (χ2n) is 6.97. The van der Waals surface area contributed by atoms with Gasteiger partial charge in [-0.05, 0) is 32.0 Å². The highest BCUT2D eigenvalue weighted by atomic mass is 35.5. The first kappa shape index (κ1) is 20.6. The lowest BCUT2D eigenvalue weighted by atomic mass is 10.0. The molecule has 0 aliphatic carbocycles. The van der Waals surface area contributed by atoms with Gasteiger partial charge in [-0.25, -0.2) is 9.78 Å². The summed E-state index contributed by atoms with van der Waals surface area (Å²) < 4.78 is 10.5. The van der Waals surface area contributed by atoms with Crippen LogP contribution in [0.25, 0.3) is 22.4 Å². The number of carbonyl (C=O) groups is 2. The molecule has 1 N–H and O–H groups in total. The Bertz CT molecular complexity index is 1280. The number of pyridine rings is 1. The summed E-state index contributed by atoms with van der Waals surface area (Å²) in [5.74, 6) is -1.19. The minimum atomic E-state index is -0.679. The number of ether oxygens (including phenoxy) is 1. The number of aromatic nitrogens is 2. The van der Waals surface area contributed by atoms with Gasteiger partial charge in [0.2, 0.25) is 0 Å². The highest BCUT2D eigenvalue weighted by Crippen LogP contribution is 2.28. The number of nitrogens with zero attached hydrogens (tertiary/aromatic N) is 2. The van der Waals surface area contributed by atoms with E-state index in [1.165, 1.54) is 0 Å². The van der Waals surface area contributed by atoms with Crippen molar-refractivity contribution in [2.75, 3.05) is 11.9 Å². The fraction of sp³-hybridized carbons (Fsp3) is 0.130. The third-order valence-corrected chi connectivity index (χ3v) is 5.00. The normalized spacial score (nSPS) is 10.8. The third kappa shape index (κ3) is 4.41. The Morgan fingerprint density at radius 2 is 1.84 bits per heavy atom. The van der Waals surface area contributed by atoms with Crippen LogP contribution in [0.15, 0.2) is 59.1 Å². The van der Waals surface area contributed by atoms with Crippen molar-refractivity contribution >= 4 is 40.3 Å². The molecule has 2 heterocycles. The SMILES string of the molecule is Cc1ccc(-c2cc(C(=O)OCC(=O)Nc3ccccc3Cl)c3c(C)noc3n2)cc1. The highest BCUT2D eigenvalue weighted by Gasteiger charge is 2.21. The first-order chi connectivity index (χ1) is 14.9. The number of benzene rings is 2. The Labute approximate surface area is 183 Å². The summed E-state index contributed by atoms with van der Waals surface area (Å²) in [6.07, 6.45) is 0. The molecule has 8 heteroatoms. The highest BCUT2D eigenvalue weighted by molar-refractivity contribution is 6.33. The van der Waals surface area contributed by atoms with E-state index < -0.39 is 18.5 Å². The van der Waals surface area contributed by atoms with Gasteiger partial charge in [0.15, 0.2) is 6.61 Å². The molecule has 0 saturated heterocycles. The zero-order valence-electron chi connectivity index (χ0n) is 16.8. The fourth-order valence-electron chi connectivity index (χ4n) is 3.09. The van der Waals surface area contributed by atoms with Gasteiger partial charge in [-0.3, -0.25) is 4.79 Å². The van der Waals surface area contributed by atoms with Crippen LogP contribution in [0.5, 0.6) is 0 Å². The zero-order valence-corrected chi connectivity index (χ0v) is 17.6. The summed E-state index contributed by atoms with van der Waals surface area (Å²) in [4.78, 5) is 29.5. The molecule has 0 spiro atoms. The van der Waals surface area contributed by atoms with Gasteiger partial charge in [-0.15, -0.1) is 0 Å². The Hall–Kier alpha value is -3.71. The van der Waals surface area contributed by atoms with Gasteiger partial charge in [-0.1, -0.05) is 58.7 Å². The molecule has 0 aliphatic heterocycles. The molecule has 0 unspecified atom stereocenters. The summed E-state index contributed by atoms with van der Waals surface area (Å²) in [6, 6.07) is 16.1. The fourth-order valence-corrected chi connectivity index (χ4v) is 3.27. The van der Waals surface area contributed by atoms with E-state index >= 15 is 0 Å². The number of esters is 1. The number of halogens is 1. The van der Waals surface area contributed by atoms with E-state index in [0.717, 1.165) is 11.1 Å². The van der Waals surface area contributed by atoms with Gasteiger partial charge >= 0.3 is 5.97 Å². The van der Waals surface area contributed by atoms with E-state index in [-0.39, 0.29) is 11.3 Å². The maximum absolute atomic E-state index is 12.8. The summed E-state index contributed by atoms with van der Waals surface area (Å²) in [7, 11) is 0. The summed E-state index contributed by atoms with van der Waals surface area (Å²) in [6.45, 7) is 3.22. The number of hydrogen-bond acceptors (Lipinski definition) is 6. The van der Waals surface area contributed by atoms with Gasteiger partial charge in [0.1, 0.15) is 0 Å². The smallest absolute Gasteiger partial charge is 0.339 e. The molecule has 4 rings (SSSR count). The van der Waals surface area contributed by atoms with Crippen molar-refractivity contribution in [2.24, 2.45) is 0 Å². The van der Waals surface area contributed by atoms with Gasteiger partial charge in [0.25, 0.3) is 11.6 Å². The summed E-state index contributed by atoms with van der Waals surface area (Å²) in [5, 5.41) is 7.36. The number of fused-ring (bicyclic) bond motifs is 1. The van der Waals surface area contributed by atoms with Crippen molar-refractivity contribution in [1.29, 1.82) is 0 Å². The number of aryl methyl sites for hydroxylation is 2. The molecule has 7 nitrogen and oxygen atoms in total. The van der Waals surface area contributed by atoms with Gasteiger partial charge < -0.3 is 14.6 Å². The predicted octanol–water partition coefficient (Wildman–Crippen LogP) is 4.96. The van der Waals surface area contributed by atoms with E-state index in [1.54, 1.807) is 37.3 Å². The minimum Gasteiger partial charge on any atom is -0.452 e. The lowest BCUT2D eigenvalue weighted by Gasteiger charge is -2.09. The van der Waals surface area contributed by atoms with E-state index in [9.17, 15) is 9.59 Å². The Morgan fingerprint density at radius 3 is 2.58 bits per heavy atom. The van der Waals surface area contributed by atoms with Gasteiger partial charge in [0.05, 0.1) is 33.0 Å². The van der Waals surface area contributed by atoms with E-state index in [1.807, 2.05) is 31.2 Å². The van der Waals surface area contributed by atoms with Crippen LogP contribution in [0.3, 0.4) is 0 Å². The molecule has 0 radical (unpaired) electrons. The standard InChI is InChI=1S/C23H18ClN3O4/c1-13-7-9-15(10-8-13)19-11-16(21-14(2)27-31-22(21)26-19)23(29)30-12-20(28)25-18-6-4-3-5-17(18)24/h3-11H,12H2,1-2H3,(H,25,28). The first-order valence-electron chi connectivity index (χ1n) is 9.48. The van der Waals surface area contributed by atoms with Crippen LogP contribution < -0.4 is 5.32 Å². The van der Waals surface area contributed by atoms with Crippen LogP contribution in [0.4, 0.5) is 5.69 Å². The number of rotatable bonds is 5. The van der Waals surface area contributed by atoms with E-state index in [0.29, 0.717) is 27.5 Å². The largest absolute Gasteiger partial charge is 0.452 e. The van der Waals surface area contributed by atoms with Crippen LogP contribution >= 0.6 is 11.6 Å². The van der Waals surface area contributed by atoms with Crippen LogP contribution in [0.2, 0.25) is 5.02 Å². The van der Waals surface area contributed by atoms with Gasteiger partial charge in [0, 0.05) is 5.56 Å². The Morgan fingerprint density at radius 1 is 1.10 bits per heavy atom.